The lowest BCUT2D eigenvalue weighted by Crippen LogP contribution is -2.41. The third kappa shape index (κ3) is 5.72. The molecule has 6 rings (SSSR count). The number of ether oxygens (including phenoxy) is 2. The number of nitrogens with zero attached hydrogens (tertiary/aromatic N) is 1. The molecule has 2 fully saturated rings. The van der Waals surface area contributed by atoms with Gasteiger partial charge in [0.15, 0.2) is 0 Å². The maximum Gasteiger partial charge on any atom is 0.274 e. The number of nitrogens with one attached hydrogen (secondary N) is 3. The number of pyridine rings is 1. The van der Waals surface area contributed by atoms with E-state index in [-0.39, 0.29) is 12.0 Å². The lowest BCUT2D eigenvalue weighted by atomic mass is 10.0. The fourth-order valence-electron chi connectivity index (χ4n) is 4.28. The van der Waals surface area contributed by atoms with E-state index >= 15 is 0 Å². The van der Waals surface area contributed by atoms with Crippen LogP contribution in [0.25, 0.3) is 10.9 Å². The second kappa shape index (κ2) is 11.0. The van der Waals surface area contributed by atoms with Crippen LogP contribution in [-0.2, 0) is 19.2 Å². The minimum absolute atomic E-state index is 0.139. The summed E-state index contributed by atoms with van der Waals surface area (Å²) in [4.78, 5) is 47.8. The minimum Gasteiger partial charge on any atom is -0.457 e. The Morgan fingerprint density at radius 2 is 1.54 bits per heavy atom. The number of halogens is 1. The Morgan fingerprint density at radius 3 is 2.15 bits per heavy atom. The third-order valence-corrected chi connectivity index (χ3v) is 6.95. The third-order valence-electron chi connectivity index (χ3n) is 6.95. The van der Waals surface area contributed by atoms with Gasteiger partial charge in [-0.3, -0.25) is 24.2 Å². The number of hydrogen-bond acceptors (Lipinski definition) is 7. The lowest BCUT2D eigenvalue weighted by molar-refractivity contribution is -0.152. The summed E-state index contributed by atoms with van der Waals surface area (Å²) in [6, 6.07) is 18.9. The molecule has 11 heteroatoms. The van der Waals surface area contributed by atoms with Gasteiger partial charge in [-0.2, -0.15) is 0 Å². The summed E-state index contributed by atoms with van der Waals surface area (Å²) in [7, 11) is 0. The summed E-state index contributed by atoms with van der Waals surface area (Å²) in [6.45, 7) is 0.898. The van der Waals surface area contributed by atoms with Gasteiger partial charge >= 0.3 is 0 Å². The smallest absolute Gasteiger partial charge is 0.274 e. The largest absolute Gasteiger partial charge is 0.457 e. The monoisotopic (exact) mass is 556 g/mol. The standard InChI is InChI=1S/C30H25FN4O6/c31-19-2-4-20(5-3-19)33-28(37)30(12-13-30)29(38)34-21-6-8-22(9-7-21)40-26-11-14-32-25-15-18(1-10-24(25)26)27(36)35-41-23-16-39-17-23/h1-11,14-15,23H,12-13,16-17H2,(H,33,37)(H,34,38)(H,35,36). The zero-order valence-electron chi connectivity index (χ0n) is 21.7. The molecule has 4 aromatic rings. The Hall–Kier alpha value is -4.87. The van der Waals surface area contributed by atoms with Gasteiger partial charge in [0.2, 0.25) is 11.8 Å². The van der Waals surface area contributed by atoms with Crippen LogP contribution in [0.2, 0.25) is 0 Å². The number of carbonyl (C=O) groups is 3. The average Bonchev–Trinajstić information content (AvgIpc) is 3.77. The number of benzene rings is 3. The molecular weight excluding hydrogens is 531 g/mol. The fraction of sp³-hybridized carbons (Fsp3) is 0.200. The van der Waals surface area contributed by atoms with Crippen LogP contribution in [0, 0.1) is 11.2 Å². The molecule has 3 N–H and O–H groups in total. The van der Waals surface area contributed by atoms with Crippen LogP contribution in [0.15, 0.2) is 79.0 Å². The highest BCUT2D eigenvalue weighted by molar-refractivity contribution is 6.16. The molecule has 3 amide bonds. The Morgan fingerprint density at radius 1 is 0.878 bits per heavy atom. The molecule has 0 unspecified atom stereocenters. The van der Waals surface area contributed by atoms with Gasteiger partial charge in [0.25, 0.3) is 5.91 Å². The van der Waals surface area contributed by atoms with Crippen LogP contribution < -0.4 is 20.9 Å². The summed E-state index contributed by atoms with van der Waals surface area (Å²) in [5.74, 6) is -0.569. The molecule has 0 spiro atoms. The highest BCUT2D eigenvalue weighted by atomic mass is 19.1. The Balaban J connectivity index is 1.08. The molecule has 2 aliphatic rings. The number of aromatic nitrogens is 1. The van der Waals surface area contributed by atoms with Crippen molar-refractivity contribution in [3.63, 3.8) is 0 Å². The molecule has 208 valence electrons. The fourth-order valence-corrected chi connectivity index (χ4v) is 4.28. The number of rotatable bonds is 9. The number of fused-ring (bicyclic) bond motifs is 1. The van der Waals surface area contributed by atoms with Gasteiger partial charge in [-0.25, -0.2) is 9.87 Å². The first-order chi connectivity index (χ1) is 19.9. The Labute approximate surface area is 233 Å². The zero-order valence-corrected chi connectivity index (χ0v) is 21.7. The molecule has 1 saturated carbocycles. The second-order valence-electron chi connectivity index (χ2n) is 9.87. The first kappa shape index (κ1) is 26.4. The van der Waals surface area contributed by atoms with E-state index in [1.54, 1.807) is 54.7 Å². The molecule has 1 saturated heterocycles. The molecule has 1 aliphatic carbocycles. The molecule has 10 nitrogen and oxygen atoms in total. The van der Waals surface area contributed by atoms with E-state index < -0.39 is 23.0 Å². The van der Waals surface area contributed by atoms with Crippen LogP contribution in [0.3, 0.4) is 0 Å². The van der Waals surface area contributed by atoms with E-state index in [2.05, 4.69) is 21.1 Å². The van der Waals surface area contributed by atoms with E-state index in [0.717, 1.165) is 0 Å². The summed E-state index contributed by atoms with van der Waals surface area (Å²) < 4.78 is 24.2. The zero-order chi connectivity index (χ0) is 28.4. The van der Waals surface area contributed by atoms with Gasteiger partial charge in [-0.05, 0) is 85.6 Å². The first-order valence-corrected chi connectivity index (χ1v) is 13.0. The molecule has 0 radical (unpaired) electrons. The van der Waals surface area contributed by atoms with E-state index in [1.165, 1.54) is 24.3 Å². The highest BCUT2D eigenvalue weighted by Crippen LogP contribution is 2.47. The average molecular weight is 557 g/mol. The molecule has 2 heterocycles. The van der Waals surface area contributed by atoms with Gasteiger partial charge in [-0.1, -0.05) is 0 Å². The summed E-state index contributed by atoms with van der Waals surface area (Å²) in [6.07, 6.45) is 2.30. The van der Waals surface area contributed by atoms with Crippen molar-refractivity contribution in [1.29, 1.82) is 0 Å². The van der Waals surface area contributed by atoms with Crippen molar-refractivity contribution in [3.05, 3.63) is 90.4 Å². The van der Waals surface area contributed by atoms with Gasteiger partial charge in [0, 0.05) is 28.5 Å². The van der Waals surface area contributed by atoms with Crippen LogP contribution in [0.5, 0.6) is 11.5 Å². The van der Waals surface area contributed by atoms with Gasteiger partial charge in [0.05, 0.1) is 18.7 Å². The normalized spacial score (nSPS) is 15.4. The van der Waals surface area contributed by atoms with Crippen molar-refractivity contribution in [2.75, 3.05) is 23.8 Å². The predicted molar refractivity (Wildman–Crippen MR) is 147 cm³/mol. The first-order valence-electron chi connectivity index (χ1n) is 13.0. The minimum atomic E-state index is -1.16. The van der Waals surface area contributed by atoms with Crippen molar-refractivity contribution in [2.24, 2.45) is 5.41 Å². The van der Waals surface area contributed by atoms with E-state index in [1.807, 2.05) is 0 Å². The van der Waals surface area contributed by atoms with E-state index in [9.17, 15) is 18.8 Å². The van der Waals surface area contributed by atoms with Gasteiger partial charge in [0.1, 0.15) is 28.8 Å². The van der Waals surface area contributed by atoms with Gasteiger partial charge in [-0.15, -0.1) is 0 Å². The quantitative estimate of drug-likeness (QED) is 0.203. The van der Waals surface area contributed by atoms with Crippen LogP contribution >= 0.6 is 0 Å². The number of carbonyl (C=O) groups excluding carboxylic acids is 3. The Bertz CT molecular complexity index is 1620. The van der Waals surface area contributed by atoms with Crippen LogP contribution in [-0.4, -0.2) is 42.0 Å². The lowest BCUT2D eigenvalue weighted by Gasteiger charge is -2.25. The molecular formula is C30H25FN4O6. The number of hydrogen-bond donors (Lipinski definition) is 3. The summed E-state index contributed by atoms with van der Waals surface area (Å²) in [5, 5.41) is 6.20. The summed E-state index contributed by atoms with van der Waals surface area (Å²) in [5.41, 5.74) is 3.16. The summed E-state index contributed by atoms with van der Waals surface area (Å²) >= 11 is 0. The maximum absolute atomic E-state index is 13.1. The number of anilines is 2. The maximum atomic E-state index is 13.1. The second-order valence-corrected chi connectivity index (χ2v) is 9.87. The van der Waals surface area contributed by atoms with E-state index in [0.29, 0.717) is 65.4 Å². The van der Waals surface area contributed by atoms with Gasteiger partial charge < -0.3 is 20.1 Å². The molecule has 41 heavy (non-hydrogen) atoms. The molecule has 0 atom stereocenters. The van der Waals surface area contributed by atoms with Crippen molar-refractivity contribution in [3.8, 4) is 11.5 Å². The number of amides is 3. The van der Waals surface area contributed by atoms with Crippen molar-refractivity contribution in [1.82, 2.24) is 10.5 Å². The molecule has 3 aromatic carbocycles. The molecule has 1 aliphatic heterocycles. The highest BCUT2D eigenvalue weighted by Gasteiger charge is 2.56. The topological polar surface area (TPSA) is 128 Å². The molecule has 1 aromatic heterocycles. The Kier molecular flexibility index (Phi) is 7.04. The molecule has 0 bridgehead atoms. The number of hydroxylamine groups is 1. The van der Waals surface area contributed by atoms with Crippen molar-refractivity contribution >= 4 is 40.0 Å². The SMILES string of the molecule is O=C(NOC1COC1)c1ccc2c(Oc3ccc(NC(=O)C4(C(=O)Nc5ccc(F)cc5)CC4)cc3)ccnc2c1. The van der Waals surface area contributed by atoms with Crippen molar-refractivity contribution in [2.45, 2.75) is 18.9 Å². The van der Waals surface area contributed by atoms with Crippen LogP contribution in [0.4, 0.5) is 15.8 Å². The predicted octanol–water partition coefficient (Wildman–Crippen LogP) is 4.58. The van der Waals surface area contributed by atoms with Crippen molar-refractivity contribution < 1.29 is 33.1 Å². The van der Waals surface area contributed by atoms with E-state index in [4.69, 9.17) is 14.3 Å². The van der Waals surface area contributed by atoms with Crippen LogP contribution in [0.1, 0.15) is 23.2 Å².